The van der Waals surface area contributed by atoms with Crippen molar-refractivity contribution >= 4 is 29.1 Å². The van der Waals surface area contributed by atoms with E-state index in [9.17, 15) is 4.79 Å². The fourth-order valence-electron chi connectivity index (χ4n) is 1.50. The molecule has 106 valence electrons. The summed E-state index contributed by atoms with van der Waals surface area (Å²) in [6.07, 6.45) is 1.39. The van der Waals surface area contributed by atoms with E-state index in [-0.39, 0.29) is 25.2 Å². The molecule has 19 heavy (non-hydrogen) atoms. The van der Waals surface area contributed by atoms with Crippen molar-refractivity contribution in [2.24, 2.45) is 0 Å². The Morgan fingerprint density at radius 2 is 2.16 bits per heavy atom. The van der Waals surface area contributed by atoms with Crippen LogP contribution in [0.2, 0.25) is 10.0 Å². The quantitative estimate of drug-likeness (QED) is 0.814. The van der Waals surface area contributed by atoms with E-state index in [1.807, 2.05) is 6.92 Å². The fourth-order valence-corrected chi connectivity index (χ4v) is 1.79. The number of aliphatic hydroxyl groups excluding tert-OH is 1. The van der Waals surface area contributed by atoms with Crippen LogP contribution in [0.1, 0.15) is 19.8 Å². The second-order valence-electron chi connectivity index (χ2n) is 4.20. The van der Waals surface area contributed by atoms with Crippen LogP contribution >= 0.6 is 23.2 Å². The van der Waals surface area contributed by atoms with Crippen molar-refractivity contribution in [3.05, 3.63) is 28.2 Å². The number of nitrogens with one attached hydrogen (secondary N) is 1. The van der Waals surface area contributed by atoms with Gasteiger partial charge in [-0.25, -0.2) is 0 Å². The molecule has 6 heteroatoms. The molecule has 0 radical (unpaired) electrons. The van der Waals surface area contributed by atoms with Crippen molar-refractivity contribution in [2.45, 2.75) is 25.8 Å². The maximum absolute atomic E-state index is 11.6. The third kappa shape index (κ3) is 6.14. The number of carbonyl (C=O) groups excluding carboxylic acids is 1. The van der Waals surface area contributed by atoms with Gasteiger partial charge in [-0.3, -0.25) is 4.79 Å². The first-order valence-corrected chi connectivity index (χ1v) is 6.76. The Labute approximate surface area is 122 Å². The zero-order valence-corrected chi connectivity index (χ0v) is 12.2. The molecule has 1 unspecified atom stereocenters. The topological polar surface area (TPSA) is 58.6 Å². The first-order chi connectivity index (χ1) is 9.02. The van der Waals surface area contributed by atoms with Crippen molar-refractivity contribution in [1.29, 1.82) is 0 Å². The molecule has 0 spiro atoms. The maximum Gasteiger partial charge on any atom is 0.258 e. The highest BCUT2D eigenvalue weighted by atomic mass is 35.5. The first-order valence-electron chi connectivity index (χ1n) is 6.01. The van der Waals surface area contributed by atoms with Crippen molar-refractivity contribution in [3.8, 4) is 5.75 Å². The minimum atomic E-state index is -0.212. The molecule has 1 rings (SSSR count). The van der Waals surface area contributed by atoms with Gasteiger partial charge in [-0.2, -0.15) is 0 Å². The summed E-state index contributed by atoms with van der Waals surface area (Å²) in [5, 5.41) is 12.3. The lowest BCUT2D eigenvalue weighted by Crippen LogP contribution is -2.36. The molecule has 1 aromatic rings. The number of ether oxygens (including phenoxy) is 1. The number of hydrogen-bond acceptors (Lipinski definition) is 3. The minimum absolute atomic E-state index is 0.0112. The summed E-state index contributed by atoms with van der Waals surface area (Å²) in [5.41, 5.74) is 0. The van der Waals surface area contributed by atoms with Gasteiger partial charge < -0.3 is 15.2 Å². The second-order valence-corrected chi connectivity index (χ2v) is 5.01. The van der Waals surface area contributed by atoms with Gasteiger partial charge in [0, 0.05) is 18.7 Å². The molecule has 2 N–H and O–H groups in total. The maximum atomic E-state index is 11.6. The van der Waals surface area contributed by atoms with E-state index in [0.717, 1.165) is 6.42 Å². The van der Waals surface area contributed by atoms with Gasteiger partial charge >= 0.3 is 0 Å². The van der Waals surface area contributed by atoms with E-state index in [2.05, 4.69) is 5.32 Å². The van der Waals surface area contributed by atoms with Gasteiger partial charge in [0.1, 0.15) is 5.75 Å². The van der Waals surface area contributed by atoms with Crippen molar-refractivity contribution < 1.29 is 14.6 Å². The Bertz CT molecular complexity index is 426. The Hall–Kier alpha value is -0.970. The average molecular weight is 306 g/mol. The lowest BCUT2D eigenvalue weighted by molar-refractivity contribution is -0.123. The minimum Gasteiger partial charge on any atom is -0.484 e. The van der Waals surface area contributed by atoms with E-state index < -0.39 is 0 Å². The van der Waals surface area contributed by atoms with Crippen molar-refractivity contribution in [3.63, 3.8) is 0 Å². The number of aliphatic hydroxyl groups is 1. The molecule has 0 aliphatic rings. The van der Waals surface area contributed by atoms with Crippen LogP contribution in [-0.4, -0.2) is 30.3 Å². The Morgan fingerprint density at radius 1 is 1.42 bits per heavy atom. The van der Waals surface area contributed by atoms with Crippen LogP contribution in [0, 0.1) is 0 Å². The van der Waals surface area contributed by atoms with Gasteiger partial charge in [0.25, 0.3) is 5.91 Å². The average Bonchev–Trinajstić information content (AvgIpc) is 2.38. The summed E-state index contributed by atoms with van der Waals surface area (Å²) in [6, 6.07) is 4.83. The third-order valence-electron chi connectivity index (χ3n) is 2.46. The molecule has 0 saturated carbocycles. The van der Waals surface area contributed by atoms with Gasteiger partial charge in [-0.05, 0) is 31.9 Å². The Morgan fingerprint density at radius 3 is 2.79 bits per heavy atom. The molecule has 0 fully saturated rings. The molecule has 0 bridgehead atoms. The lowest BCUT2D eigenvalue weighted by atomic mass is 10.2. The van der Waals surface area contributed by atoms with Gasteiger partial charge in [0.2, 0.25) is 0 Å². The molecule has 1 atom stereocenters. The number of carbonyl (C=O) groups is 1. The molecule has 4 nitrogen and oxygen atoms in total. The third-order valence-corrected chi connectivity index (χ3v) is 3.20. The zero-order chi connectivity index (χ0) is 14.3. The smallest absolute Gasteiger partial charge is 0.258 e. The zero-order valence-electron chi connectivity index (χ0n) is 10.7. The van der Waals surface area contributed by atoms with Crippen LogP contribution in [-0.2, 0) is 4.79 Å². The summed E-state index contributed by atoms with van der Waals surface area (Å²) in [4.78, 5) is 11.6. The first kappa shape index (κ1) is 16.1. The molecule has 0 heterocycles. The van der Waals surface area contributed by atoms with Crippen LogP contribution in [0.4, 0.5) is 0 Å². The van der Waals surface area contributed by atoms with Crippen molar-refractivity contribution in [1.82, 2.24) is 5.32 Å². The van der Waals surface area contributed by atoms with E-state index in [4.69, 9.17) is 33.0 Å². The predicted octanol–water partition coefficient (Wildman–Crippen LogP) is 2.65. The number of amides is 1. The van der Waals surface area contributed by atoms with E-state index in [0.29, 0.717) is 22.2 Å². The van der Waals surface area contributed by atoms with E-state index in [1.54, 1.807) is 18.2 Å². The molecule has 1 amide bonds. The lowest BCUT2D eigenvalue weighted by Gasteiger charge is -2.13. The van der Waals surface area contributed by atoms with E-state index >= 15 is 0 Å². The van der Waals surface area contributed by atoms with Crippen LogP contribution in [0.3, 0.4) is 0 Å². The predicted molar refractivity (Wildman–Crippen MR) is 75.9 cm³/mol. The largest absolute Gasteiger partial charge is 0.484 e. The van der Waals surface area contributed by atoms with Crippen LogP contribution in [0.5, 0.6) is 5.75 Å². The SMILES string of the molecule is CC(CCCO)NC(=O)COc1ccc(Cl)c(Cl)c1. The number of rotatable bonds is 7. The van der Waals surface area contributed by atoms with Gasteiger partial charge in [-0.1, -0.05) is 23.2 Å². The monoisotopic (exact) mass is 305 g/mol. The van der Waals surface area contributed by atoms with E-state index in [1.165, 1.54) is 0 Å². The molecule has 0 saturated heterocycles. The highest BCUT2D eigenvalue weighted by molar-refractivity contribution is 6.42. The van der Waals surface area contributed by atoms with Crippen LogP contribution < -0.4 is 10.1 Å². The highest BCUT2D eigenvalue weighted by Gasteiger charge is 2.08. The normalized spacial score (nSPS) is 12.0. The summed E-state index contributed by atoms with van der Waals surface area (Å²) < 4.78 is 5.30. The fraction of sp³-hybridized carbons (Fsp3) is 0.462. The Balaban J connectivity index is 2.35. The molecule has 0 aromatic heterocycles. The molecular formula is C13H17Cl2NO3. The van der Waals surface area contributed by atoms with Gasteiger partial charge in [-0.15, -0.1) is 0 Å². The number of hydrogen-bond donors (Lipinski definition) is 2. The van der Waals surface area contributed by atoms with Crippen LogP contribution in [0.15, 0.2) is 18.2 Å². The van der Waals surface area contributed by atoms with Gasteiger partial charge in [0.05, 0.1) is 10.0 Å². The van der Waals surface area contributed by atoms with Crippen LogP contribution in [0.25, 0.3) is 0 Å². The summed E-state index contributed by atoms with van der Waals surface area (Å²) in [7, 11) is 0. The highest BCUT2D eigenvalue weighted by Crippen LogP contribution is 2.26. The second kappa shape index (κ2) is 8.25. The molecular weight excluding hydrogens is 289 g/mol. The Kier molecular flexibility index (Phi) is 6.99. The summed E-state index contributed by atoms with van der Waals surface area (Å²) in [5.74, 6) is 0.282. The summed E-state index contributed by atoms with van der Waals surface area (Å²) in [6.45, 7) is 1.92. The summed E-state index contributed by atoms with van der Waals surface area (Å²) >= 11 is 11.6. The molecule has 0 aliphatic heterocycles. The number of halogens is 2. The number of benzene rings is 1. The van der Waals surface area contributed by atoms with Gasteiger partial charge in [0.15, 0.2) is 6.61 Å². The molecule has 0 aliphatic carbocycles. The molecule has 1 aromatic carbocycles. The van der Waals surface area contributed by atoms with Crippen molar-refractivity contribution in [2.75, 3.05) is 13.2 Å². The standard InChI is InChI=1S/C13H17Cl2NO3/c1-9(3-2-6-17)16-13(18)8-19-10-4-5-11(14)12(15)7-10/h4-5,7,9,17H,2-3,6,8H2,1H3,(H,16,18).